The first-order valence-corrected chi connectivity index (χ1v) is 7.89. The first-order valence-electron chi connectivity index (χ1n) is 7.89. The molecule has 1 unspecified atom stereocenters. The van der Waals surface area contributed by atoms with E-state index in [-0.39, 0.29) is 24.5 Å². The maximum Gasteiger partial charge on any atom is 0.247 e. The number of ether oxygens (including phenoxy) is 1. The van der Waals surface area contributed by atoms with Crippen LogP contribution in [0, 0.1) is 0 Å². The predicted molar refractivity (Wildman–Crippen MR) is 80.8 cm³/mol. The Bertz CT molecular complexity index is 404. The van der Waals surface area contributed by atoms with Gasteiger partial charge < -0.3 is 14.5 Å². The molecule has 0 aromatic carbocycles. The second-order valence-electron chi connectivity index (χ2n) is 6.16. The van der Waals surface area contributed by atoms with Gasteiger partial charge in [0.25, 0.3) is 0 Å². The lowest BCUT2D eigenvalue weighted by Crippen LogP contribution is -2.44. The van der Waals surface area contributed by atoms with Crippen LogP contribution in [0.25, 0.3) is 0 Å². The minimum Gasteiger partial charge on any atom is -0.376 e. The molecule has 2 saturated heterocycles. The highest BCUT2D eigenvalue weighted by atomic mass is 16.5. The van der Waals surface area contributed by atoms with Gasteiger partial charge in [-0.1, -0.05) is 5.57 Å². The molecule has 0 aromatic heterocycles. The van der Waals surface area contributed by atoms with Gasteiger partial charge in [-0.2, -0.15) is 0 Å². The third-order valence-corrected chi connectivity index (χ3v) is 3.96. The molecule has 0 N–H and O–H groups in total. The quantitative estimate of drug-likeness (QED) is 0.723. The Kier molecular flexibility index (Phi) is 5.79. The van der Waals surface area contributed by atoms with E-state index in [4.69, 9.17) is 4.74 Å². The van der Waals surface area contributed by atoms with E-state index in [9.17, 15) is 9.59 Å². The highest BCUT2D eigenvalue weighted by Crippen LogP contribution is 2.15. The zero-order chi connectivity index (χ0) is 15.2. The minimum atomic E-state index is -0.0851. The van der Waals surface area contributed by atoms with Crippen LogP contribution in [0.3, 0.4) is 0 Å². The second-order valence-corrected chi connectivity index (χ2v) is 6.16. The van der Waals surface area contributed by atoms with Gasteiger partial charge in [0.2, 0.25) is 11.8 Å². The van der Waals surface area contributed by atoms with Crippen LogP contribution in [0.15, 0.2) is 11.6 Å². The summed E-state index contributed by atoms with van der Waals surface area (Å²) in [5.74, 6) is -0.0287. The molecule has 0 aliphatic carbocycles. The Morgan fingerprint density at radius 3 is 2.52 bits per heavy atom. The molecule has 5 nitrogen and oxygen atoms in total. The largest absolute Gasteiger partial charge is 0.376 e. The van der Waals surface area contributed by atoms with Gasteiger partial charge in [-0.25, -0.2) is 0 Å². The SMILES string of the molecule is CC(C)=CC(=O)N(CC(=O)N1CCCC1)CC1CCCO1. The number of likely N-dealkylation sites (tertiary alicyclic amines) is 1. The Labute approximate surface area is 126 Å². The topological polar surface area (TPSA) is 49.9 Å². The van der Waals surface area contributed by atoms with Crippen molar-refractivity contribution in [1.82, 2.24) is 9.80 Å². The van der Waals surface area contributed by atoms with Crippen molar-refractivity contribution in [2.24, 2.45) is 0 Å². The van der Waals surface area contributed by atoms with Gasteiger partial charge in [-0.15, -0.1) is 0 Å². The third kappa shape index (κ3) is 4.84. The standard InChI is InChI=1S/C16H26N2O3/c1-13(2)10-15(19)18(11-14-6-5-9-21-14)12-16(20)17-7-3-4-8-17/h10,14H,3-9,11-12H2,1-2H3. The van der Waals surface area contributed by atoms with Crippen molar-refractivity contribution >= 4 is 11.8 Å². The van der Waals surface area contributed by atoms with Gasteiger partial charge >= 0.3 is 0 Å². The summed E-state index contributed by atoms with van der Waals surface area (Å²) in [7, 11) is 0. The molecule has 2 rings (SSSR count). The first kappa shape index (κ1) is 16.0. The van der Waals surface area contributed by atoms with Crippen molar-refractivity contribution < 1.29 is 14.3 Å². The zero-order valence-corrected chi connectivity index (χ0v) is 13.1. The highest BCUT2D eigenvalue weighted by molar-refractivity contribution is 5.91. The van der Waals surface area contributed by atoms with E-state index >= 15 is 0 Å². The molecule has 0 saturated carbocycles. The molecular formula is C16H26N2O3. The second kappa shape index (κ2) is 7.59. The van der Waals surface area contributed by atoms with Crippen molar-refractivity contribution in [2.45, 2.75) is 45.6 Å². The van der Waals surface area contributed by atoms with Crippen LogP contribution in [-0.2, 0) is 14.3 Å². The summed E-state index contributed by atoms with van der Waals surface area (Å²) in [6, 6.07) is 0. The maximum atomic E-state index is 12.3. The normalized spacial score (nSPS) is 21.4. The molecule has 2 aliphatic heterocycles. The first-order chi connectivity index (χ1) is 10.1. The van der Waals surface area contributed by atoms with Crippen molar-refractivity contribution in [2.75, 3.05) is 32.8 Å². The number of hydrogen-bond acceptors (Lipinski definition) is 3. The molecule has 0 bridgehead atoms. The third-order valence-electron chi connectivity index (χ3n) is 3.96. The number of carbonyl (C=O) groups excluding carboxylic acids is 2. The smallest absolute Gasteiger partial charge is 0.247 e. The van der Waals surface area contributed by atoms with E-state index in [0.717, 1.165) is 51.0 Å². The molecule has 0 spiro atoms. The van der Waals surface area contributed by atoms with Crippen LogP contribution >= 0.6 is 0 Å². The molecule has 2 aliphatic rings. The summed E-state index contributed by atoms with van der Waals surface area (Å²) in [5.41, 5.74) is 0.950. The molecule has 118 valence electrons. The summed E-state index contributed by atoms with van der Waals surface area (Å²) in [6.07, 6.45) is 5.82. The van der Waals surface area contributed by atoms with Gasteiger partial charge in [0.1, 0.15) is 6.54 Å². The summed E-state index contributed by atoms with van der Waals surface area (Å²) >= 11 is 0. The molecule has 2 amide bonds. The summed E-state index contributed by atoms with van der Waals surface area (Å²) in [5, 5.41) is 0. The number of rotatable bonds is 5. The van der Waals surface area contributed by atoms with Crippen LogP contribution < -0.4 is 0 Å². The van der Waals surface area contributed by atoms with Crippen molar-refractivity contribution in [3.8, 4) is 0 Å². The van der Waals surface area contributed by atoms with E-state index in [2.05, 4.69) is 0 Å². The Balaban J connectivity index is 1.97. The Hall–Kier alpha value is -1.36. The van der Waals surface area contributed by atoms with E-state index in [0.29, 0.717) is 6.54 Å². The predicted octanol–water partition coefficient (Wildman–Crippen LogP) is 1.58. The van der Waals surface area contributed by atoms with Gasteiger partial charge in [0, 0.05) is 32.3 Å². The fourth-order valence-electron chi connectivity index (χ4n) is 2.83. The average molecular weight is 294 g/mol. The van der Waals surface area contributed by atoms with E-state index in [1.165, 1.54) is 0 Å². The van der Waals surface area contributed by atoms with E-state index in [1.54, 1.807) is 11.0 Å². The molecule has 2 fully saturated rings. The van der Waals surface area contributed by atoms with Gasteiger partial charge in [0.05, 0.1) is 6.10 Å². The Morgan fingerprint density at radius 2 is 1.95 bits per heavy atom. The number of amides is 2. The zero-order valence-electron chi connectivity index (χ0n) is 13.1. The molecule has 0 aromatic rings. The van der Waals surface area contributed by atoms with Gasteiger partial charge in [0.15, 0.2) is 0 Å². The van der Waals surface area contributed by atoms with Crippen LogP contribution in [0.5, 0.6) is 0 Å². The fourth-order valence-corrected chi connectivity index (χ4v) is 2.83. The molecule has 21 heavy (non-hydrogen) atoms. The maximum absolute atomic E-state index is 12.3. The van der Waals surface area contributed by atoms with E-state index < -0.39 is 0 Å². The minimum absolute atomic E-state index is 0.0565. The number of carbonyl (C=O) groups is 2. The van der Waals surface area contributed by atoms with Crippen LogP contribution in [0.4, 0.5) is 0 Å². The number of hydrogen-bond donors (Lipinski definition) is 0. The lowest BCUT2D eigenvalue weighted by atomic mass is 10.2. The van der Waals surface area contributed by atoms with Crippen molar-refractivity contribution in [3.05, 3.63) is 11.6 Å². The lowest BCUT2D eigenvalue weighted by molar-refractivity contribution is -0.138. The highest BCUT2D eigenvalue weighted by Gasteiger charge is 2.26. The monoisotopic (exact) mass is 294 g/mol. The number of nitrogens with zero attached hydrogens (tertiary/aromatic N) is 2. The summed E-state index contributed by atoms with van der Waals surface area (Å²) in [4.78, 5) is 28.1. The average Bonchev–Trinajstić information content (AvgIpc) is 3.10. The summed E-state index contributed by atoms with van der Waals surface area (Å²) in [6.45, 7) is 6.88. The number of allylic oxidation sites excluding steroid dienone is 1. The molecule has 2 heterocycles. The van der Waals surface area contributed by atoms with Gasteiger partial charge in [-0.05, 0) is 39.5 Å². The lowest BCUT2D eigenvalue weighted by Gasteiger charge is -2.26. The summed E-state index contributed by atoms with van der Waals surface area (Å²) < 4.78 is 5.61. The molecule has 0 radical (unpaired) electrons. The van der Waals surface area contributed by atoms with Crippen LogP contribution in [-0.4, -0.2) is 60.5 Å². The fraction of sp³-hybridized carbons (Fsp3) is 0.750. The van der Waals surface area contributed by atoms with Crippen LogP contribution in [0.1, 0.15) is 39.5 Å². The Morgan fingerprint density at radius 1 is 1.24 bits per heavy atom. The molecule has 1 atom stereocenters. The van der Waals surface area contributed by atoms with Crippen molar-refractivity contribution in [3.63, 3.8) is 0 Å². The van der Waals surface area contributed by atoms with Gasteiger partial charge in [-0.3, -0.25) is 9.59 Å². The van der Waals surface area contributed by atoms with E-state index in [1.807, 2.05) is 18.7 Å². The van der Waals surface area contributed by atoms with Crippen LogP contribution in [0.2, 0.25) is 0 Å². The van der Waals surface area contributed by atoms with Crippen molar-refractivity contribution in [1.29, 1.82) is 0 Å². The molecule has 5 heteroatoms. The molecular weight excluding hydrogens is 268 g/mol.